The predicted molar refractivity (Wildman–Crippen MR) is 136 cm³/mol. The van der Waals surface area contributed by atoms with Crippen molar-refractivity contribution < 1.29 is 32.7 Å². The average molecular weight is 550 g/mol. The summed E-state index contributed by atoms with van der Waals surface area (Å²) in [7, 11) is 0. The molecular weight excluding hydrogens is 519 g/mol. The van der Waals surface area contributed by atoms with Crippen LogP contribution in [0, 0.1) is 28.1 Å². The molecule has 9 heteroatoms. The predicted octanol–water partition coefficient (Wildman–Crippen LogP) is 5.30. The zero-order valence-electron chi connectivity index (χ0n) is 21.5. The van der Waals surface area contributed by atoms with Crippen LogP contribution in [0.3, 0.4) is 0 Å². The van der Waals surface area contributed by atoms with Crippen LogP contribution in [0.15, 0.2) is 48.1 Å². The Morgan fingerprint density at radius 3 is 2.55 bits per heavy atom. The van der Waals surface area contributed by atoms with Gasteiger partial charge in [0.05, 0.1) is 18.3 Å². The molecule has 1 heterocycles. The zero-order chi connectivity index (χ0) is 27.5. The van der Waals surface area contributed by atoms with E-state index in [0.29, 0.717) is 10.7 Å². The first kappa shape index (κ1) is 26.1. The molecule has 1 aromatic rings. The van der Waals surface area contributed by atoms with Crippen LogP contribution in [0.1, 0.15) is 40.0 Å². The smallest absolute Gasteiger partial charge is 0.199 e. The van der Waals surface area contributed by atoms with Gasteiger partial charge in [-0.05, 0) is 73.6 Å². The second-order valence-electron chi connectivity index (χ2n) is 12.4. The minimum Gasteiger partial charge on any atom is -0.390 e. The summed E-state index contributed by atoms with van der Waals surface area (Å²) in [4.78, 5) is 32.0. The van der Waals surface area contributed by atoms with Gasteiger partial charge in [-0.15, -0.1) is 0 Å². The molecule has 1 aliphatic heterocycles. The first-order valence-electron chi connectivity index (χ1n) is 13.1. The molecule has 4 fully saturated rings. The molecule has 0 unspecified atom stereocenters. The fourth-order valence-corrected chi connectivity index (χ4v) is 9.19. The normalized spacial score (nSPS) is 47.2. The minimum absolute atomic E-state index is 0.0351. The molecule has 0 bridgehead atoms. The van der Waals surface area contributed by atoms with E-state index in [2.05, 4.69) is 0 Å². The summed E-state index contributed by atoms with van der Waals surface area (Å²) in [6.07, 6.45) is 0.394. The number of fused-ring (bicyclic) bond motifs is 7. The number of anilines is 1. The molecule has 9 atom stereocenters. The largest absolute Gasteiger partial charge is 0.390 e. The van der Waals surface area contributed by atoms with Crippen LogP contribution in [-0.4, -0.2) is 53.4 Å². The van der Waals surface area contributed by atoms with E-state index < -0.39 is 69.9 Å². The molecule has 5 nitrogen and oxygen atoms in total. The number of aliphatic hydroxyl groups excluding tert-OH is 1. The van der Waals surface area contributed by atoms with Gasteiger partial charge in [0.1, 0.15) is 6.17 Å². The van der Waals surface area contributed by atoms with E-state index in [-0.39, 0.29) is 31.4 Å². The molecule has 0 radical (unpaired) electrons. The molecule has 0 aromatic heterocycles. The van der Waals surface area contributed by atoms with E-state index in [1.807, 2.05) is 6.92 Å². The van der Waals surface area contributed by atoms with Crippen LogP contribution in [-0.2, 0) is 14.4 Å². The van der Waals surface area contributed by atoms with Gasteiger partial charge in [-0.25, -0.2) is 13.2 Å². The van der Waals surface area contributed by atoms with Crippen LogP contribution in [0.2, 0.25) is 5.02 Å². The summed E-state index contributed by atoms with van der Waals surface area (Å²) >= 11 is 6.04. The van der Waals surface area contributed by atoms with E-state index in [4.69, 9.17) is 16.4 Å². The Balaban J connectivity index is 1.48. The van der Waals surface area contributed by atoms with Crippen molar-refractivity contribution in [1.82, 2.24) is 0 Å². The molecule has 6 rings (SSSR count). The number of aliphatic hydroxyl groups is 1. The number of halogens is 4. The topological polar surface area (TPSA) is 66.8 Å². The molecule has 204 valence electrons. The molecule has 1 N–H and O–H groups in total. The molecule has 1 saturated heterocycles. The summed E-state index contributed by atoms with van der Waals surface area (Å²) in [5, 5.41) is 13.7. The Labute approximate surface area is 224 Å². The van der Waals surface area contributed by atoms with E-state index in [1.165, 1.54) is 19.1 Å². The highest BCUT2D eigenvalue weighted by Gasteiger charge is 2.83. The summed E-state index contributed by atoms with van der Waals surface area (Å²) in [5.41, 5.74) is -7.07. The Kier molecular flexibility index (Phi) is 5.46. The fourth-order valence-electron chi connectivity index (χ4n) is 9.06. The van der Waals surface area contributed by atoms with Crippen molar-refractivity contribution in [3.05, 3.63) is 53.1 Å². The number of hydrogen-bond donors (Lipinski definition) is 1. The third-order valence-electron chi connectivity index (χ3n) is 11.0. The van der Waals surface area contributed by atoms with Gasteiger partial charge < -0.3 is 5.11 Å². The lowest BCUT2D eigenvalue weighted by molar-refractivity contribution is -0.255. The number of carbonyl (C=O) groups excluding carboxylic acids is 2. The summed E-state index contributed by atoms with van der Waals surface area (Å²) in [6.45, 7) is 4.10. The van der Waals surface area contributed by atoms with Crippen molar-refractivity contribution in [3.8, 4) is 0 Å². The van der Waals surface area contributed by atoms with Gasteiger partial charge in [0.25, 0.3) is 0 Å². The number of alkyl halides is 3. The molecule has 3 saturated carbocycles. The number of carbonyl (C=O) groups is 2. The van der Waals surface area contributed by atoms with Crippen LogP contribution < -0.4 is 5.06 Å². The number of hydroxylamine groups is 1. The van der Waals surface area contributed by atoms with Crippen LogP contribution >= 0.6 is 11.6 Å². The third kappa shape index (κ3) is 2.82. The number of nitrogens with zero attached hydrogens (tertiary/aromatic N) is 1. The summed E-state index contributed by atoms with van der Waals surface area (Å²) < 4.78 is 47.7. The van der Waals surface area contributed by atoms with Crippen molar-refractivity contribution in [2.24, 2.45) is 28.1 Å². The third-order valence-corrected chi connectivity index (χ3v) is 11.3. The van der Waals surface area contributed by atoms with Crippen LogP contribution in [0.25, 0.3) is 0 Å². The molecular formula is C29H31ClF3NO4. The van der Waals surface area contributed by atoms with Crippen LogP contribution in [0.4, 0.5) is 18.9 Å². The van der Waals surface area contributed by atoms with Crippen molar-refractivity contribution in [2.45, 2.75) is 63.6 Å². The van der Waals surface area contributed by atoms with E-state index in [1.54, 1.807) is 36.3 Å². The standard InChI is InChI=1S/C29H31ClF3NO4/c1-25-9-8-19(35)10-20(25)21(32)11-22-26(2)12-16-15-34(18-6-4-17(30)5-7-18)38-29(16,24(37)14-31)27(26,3)13-23(36)28(22,25)33/h4-10,16,21-23,36H,11-15H2,1-3H3/t16-,21-,22-,23-,25-,26-,27-,28-,29-/m0/s1. The first-order valence-corrected chi connectivity index (χ1v) is 13.4. The number of hydrogen-bond acceptors (Lipinski definition) is 5. The molecule has 1 aromatic carbocycles. The van der Waals surface area contributed by atoms with Gasteiger partial charge in [-0.1, -0.05) is 31.5 Å². The van der Waals surface area contributed by atoms with E-state index in [0.717, 1.165) is 6.08 Å². The van der Waals surface area contributed by atoms with Gasteiger partial charge in [0, 0.05) is 27.7 Å². The fraction of sp³-hybridized carbons (Fsp3) is 0.586. The highest BCUT2D eigenvalue weighted by Crippen LogP contribution is 2.77. The summed E-state index contributed by atoms with van der Waals surface area (Å²) in [5.74, 6) is -2.70. The highest BCUT2D eigenvalue weighted by molar-refractivity contribution is 6.30. The maximum atomic E-state index is 17.6. The van der Waals surface area contributed by atoms with Gasteiger partial charge in [0.2, 0.25) is 0 Å². The number of benzene rings is 1. The zero-order valence-corrected chi connectivity index (χ0v) is 22.3. The lowest BCUT2D eigenvalue weighted by Crippen LogP contribution is -2.73. The Morgan fingerprint density at radius 1 is 1.21 bits per heavy atom. The number of rotatable bonds is 3. The monoisotopic (exact) mass is 549 g/mol. The Hall–Kier alpha value is -2.16. The molecule has 38 heavy (non-hydrogen) atoms. The van der Waals surface area contributed by atoms with Gasteiger partial charge in [-0.2, -0.15) is 0 Å². The van der Waals surface area contributed by atoms with E-state index >= 15 is 8.78 Å². The molecule has 5 aliphatic rings. The van der Waals surface area contributed by atoms with Gasteiger partial charge in [0.15, 0.2) is 29.5 Å². The first-order chi connectivity index (χ1) is 17.8. The van der Waals surface area contributed by atoms with E-state index in [9.17, 15) is 19.1 Å². The average Bonchev–Trinajstić information content (AvgIpc) is 3.34. The summed E-state index contributed by atoms with van der Waals surface area (Å²) in [6, 6.07) is 6.84. The SMILES string of the molecule is C[C@]12C[C@H](O)[C@@]3(F)[C@@H](C[C@H](F)C4=CC(=O)C=C[C@@]43C)[C@]1(C)C[C@H]1CN(c3ccc(Cl)cc3)O[C@]12C(=O)CF. The lowest BCUT2D eigenvalue weighted by atomic mass is 9.39. The van der Waals surface area contributed by atoms with Crippen molar-refractivity contribution >= 4 is 28.9 Å². The molecule has 0 spiro atoms. The van der Waals surface area contributed by atoms with Crippen molar-refractivity contribution in [2.75, 3.05) is 18.3 Å². The van der Waals surface area contributed by atoms with Gasteiger partial charge >= 0.3 is 0 Å². The molecule has 4 aliphatic carbocycles. The van der Waals surface area contributed by atoms with Crippen LogP contribution in [0.5, 0.6) is 0 Å². The number of Topliss-reactive ketones (excluding diaryl/α,β-unsaturated/α-hetero) is 1. The quantitative estimate of drug-likeness (QED) is 0.554. The Bertz CT molecular complexity index is 1290. The second kappa shape index (κ2) is 7.95. The highest BCUT2D eigenvalue weighted by atomic mass is 35.5. The second-order valence-corrected chi connectivity index (χ2v) is 12.8. The maximum Gasteiger partial charge on any atom is 0.199 e. The number of allylic oxidation sites excluding steroid dienone is 4. The molecule has 0 amide bonds. The minimum atomic E-state index is -2.30. The van der Waals surface area contributed by atoms with Crippen molar-refractivity contribution in [1.29, 1.82) is 0 Å². The van der Waals surface area contributed by atoms with Gasteiger partial charge in [-0.3, -0.25) is 19.5 Å². The van der Waals surface area contributed by atoms with Crippen molar-refractivity contribution in [3.63, 3.8) is 0 Å². The maximum absolute atomic E-state index is 17.6. The Morgan fingerprint density at radius 2 is 1.89 bits per heavy atom. The lowest BCUT2D eigenvalue weighted by Gasteiger charge is -2.67. The number of ketones is 2.